The summed E-state index contributed by atoms with van der Waals surface area (Å²) in [6, 6.07) is 67.5. The lowest BCUT2D eigenvalue weighted by atomic mass is 9.90. The number of pyridine rings is 2. The van der Waals surface area contributed by atoms with Gasteiger partial charge in [0.15, 0.2) is 5.82 Å². The maximum Gasteiger partial charge on any atom is 0.160 e. The second kappa shape index (κ2) is 17.3. The van der Waals surface area contributed by atoms with E-state index >= 15 is 0 Å². The molecule has 0 N–H and O–H groups in total. The fraction of sp³-hybridized carbons (Fsp3) is 0.0625. The van der Waals surface area contributed by atoms with Crippen molar-refractivity contribution in [2.45, 2.75) is 26.7 Å². The van der Waals surface area contributed by atoms with Crippen LogP contribution in [0.25, 0.3) is 117 Å². The topological polar surface area (TPSA) is 51.6 Å². The molecule has 1 aliphatic carbocycles. The molecule has 0 fully saturated rings. The van der Waals surface area contributed by atoms with Crippen molar-refractivity contribution in [3.8, 4) is 78.3 Å². The number of hydrogen-bond acceptors (Lipinski definition) is 4. The molecule has 1 aliphatic rings. The van der Waals surface area contributed by atoms with Gasteiger partial charge in [-0.25, -0.2) is 9.97 Å². The lowest BCUT2D eigenvalue weighted by Crippen LogP contribution is -1.99. The summed E-state index contributed by atoms with van der Waals surface area (Å²) in [5, 5.41) is 3.23. The van der Waals surface area contributed by atoms with Gasteiger partial charge in [0.05, 0.1) is 22.2 Å². The van der Waals surface area contributed by atoms with E-state index in [1.807, 2.05) is 24.5 Å². The molecule has 0 amide bonds. The monoisotopic (exact) mass is 870 g/mol. The van der Waals surface area contributed by atoms with Gasteiger partial charge < -0.3 is 0 Å². The number of aromatic nitrogens is 4. The Morgan fingerprint density at radius 2 is 0.926 bits per heavy atom. The Hall–Kier alpha value is -8.60. The van der Waals surface area contributed by atoms with Gasteiger partial charge in [-0.15, -0.1) is 0 Å². The Morgan fingerprint density at radius 1 is 0.368 bits per heavy atom. The molecule has 0 saturated heterocycles. The predicted molar refractivity (Wildman–Crippen MR) is 284 cm³/mol. The minimum atomic E-state index is 0.675. The van der Waals surface area contributed by atoms with E-state index in [4.69, 9.17) is 19.9 Å². The van der Waals surface area contributed by atoms with Crippen LogP contribution in [0.4, 0.5) is 0 Å². The highest BCUT2D eigenvalue weighted by Crippen LogP contribution is 2.42. The first kappa shape index (κ1) is 40.9. The van der Waals surface area contributed by atoms with Crippen molar-refractivity contribution in [1.82, 2.24) is 19.9 Å². The Balaban J connectivity index is 1.07. The number of benzene rings is 8. The van der Waals surface area contributed by atoms with E-state index in [0.717, 1.165) is 118 Å². The van der Waals surface area contributed by atoms with E-state index in [1.54, 1.807) is 0 Å². The Kier molecular flexibility index (Phi) is 10.4. The highest BCUT2D eigenvalue weighted by Gasteiger charge is 2.20. The van der Waals surface area contributed by atoms with Gasteiger partial charge >= 0.3 is 0 Å². The molecular formula is C64H46N4. The molecule has 8 aromatic carbocycles. The van der Waals surface area contributed by atoms with Gasteiger partial charge in [0.25, 0.3) is 0 Å². The number of aryl methyl sites for hydroxylation is 2. The van der Waals surface area contributed by atoms with Crippen LogP contribution in [0.1, 0.15) is 29.5 Å². The zero-order valence-electron chi connectivity index (χ0n) is 38.0. The number of para-hydroxylation sites is 2. The van der Waals surface area contributed by atoms with Crippen LogP contribution >= 0.6 is 0 Å². The molecule has 3 heterocycles. The van der Waals surface area contributed by atoms with Crippen molar-refractivity contribution >= 4 is 38.3 Å². The predicted octanol–water partition coefficient (Wildman–Crippen LogP) is 16.7. The second-order valence-corrected chi connectivity index (χ2v) is 17.8. The molecule has 322 valence electrons. The maximum atomic E-state index is 5.58. The number of fused-ring (bicyclic) bond motifs is 3. The summed E-state index contributed by atoms with van der Waals surface area (Å²) in [6.45, 7) is 4.37. The molecular weight excluding hydrogens is 825 g/mol. The molecule has 0 atom stereocenters. The third kappa shape index (κ3) is 7.56. The summed E-state index contributed by atoms with van der Waals surface area (Å²) in [5.41, 5.74) is 21.8. The lowest BCUT2D eigenvalue weighted by molar-refractivity contribution is 1.04. The zero-order chi connectivity index (χ0) is 45.6. The molecule has 4 nitrogen and oxygen atoms in total. The van der Waals surface area contributed by atoms with Crippen molar-refractivity contribution < 1.29 is 0 Å². The number of hydrogen-bond donors (Lipinski definition) is 0. The molecule has 68 heavy (non-hydrogen) atoms. The van der Waals surface area contributed by atoms with Crippen LogP contribution in [0.15, 0.2) is 219 Å². The number of allylic oxidation sites excluding steroid dienone is 4. The van der Waals surface area contributed by atoms with E-state index in [1.165, 1.54) is 22.3 Å². The van der Waals surface area contributed by atoms with Gasteiger partial charge in [0, 0.05) is 56.4 Å². The minimum Gasteiger partial charge on any atom is -0.256 e. The fourth-order valence-corrected chi connectivity index (χ4v) is 9.99. The summed E-state index contributed by atoms with van der Waals surface area (Å²) in [4.78, 5) is 20.7. The van der Waals surface area contributed by atoms with Crippen LogP contribution < -0.4 is 0 Å². The molecule has 11 aromatic rings. The Bertz CT molecular complexity index is 3780. The van der Waals surface area contributed by atoms with Crippen LogP contribution in [0.2, 0.25) is 0 Å². The first-order valence-electron chi connectivity index (χ1n) is 23.4. The molecule has 0 unspecified atom stereocenters. The van der Waals surface area contributed by atoms with Gasteiger partial charge in [0.2, 0.25) is 0 Å². The average molecular weight is 871 g/mol. The van der Waals surface area contributed by atoms with Crippen LogP contribution in [0.3, 0.4) is 0 Å². The van der Waals surface area contributed by atoms with Crippen LogP contribution in [0.5, 0.6) is 0 Å². The largest absolute Gasteiger partial charge is 0.256 e. The highest BCUT2D eigenvalue weighted by atomic mass is 14.9. The second-order valence-electron chi connectivity index (χ2n) is 17.8. The minimum absolute atomic E-state index is 0.675. The Labute approximate surface area is 396 Å². The third-order valence-corrected chi connectivity index (χ3v) is 13.5. The van der Waals surface area contributed by atoms with E-state index in [9.17, 15) is 0 Å². The summed E-state index contributed by atoms with van der Waals surface area (Å²) >= 11 is 0. The lowest BCUT2D eigenvalue weighted by Gasteiger charge is -2.17. The third-order valence-electron chi connectivity index (χ3n) is 13.5. The fourth-order valence-electron chi connectivity index (χ4n) is 9.99. The number of rotatable bonds is 8. The summed E-state index contributed by atoms with van der Waals surface area (Å²) < 4.78 is 0. The van der Waals surface area contributed by atoms with Gasteiger partial charge in [-0.1, -0.05) is 170 Å². The van der Waals surface area contributed by atoms with E-state index in [2.05, 4.69) is 208 Å². The van der Waals surface area contributed by atoms with E-state index < -0.39 is 0 Å². The van der Waals surface area contributed by atoms with Crippen molar-refractivity contribution in [3.63, 3.8) is 0 Å². The smallest absolute Gasteiger partial charge is 0.160 e. The standard InChI is InChI=1S/C64H46N4/c1-41-37-51(31-33-54(41)56-21-9-17-49-19-11-35-65-60(49)56)62-59-40-53(47-25-23-45(24-26-47)43-13-5-3-6-14-43)39-58(48-29-27-46(28-30-48)44-15-7-4-8-16-44)63(59)68-64(67-62)52-32-34-55(42(2)38-52)57-22-10-18-50-20-12-36-66-61(50)57/h3,5-7,9-40H,4,8H2,1-2H3. The van der Waals surface area contributed by atoms with Gasteiger partial charge in [-0.2, -0.15) is 0 Å². The van der Waals surface area contributed by atoms with Gasteiger partial charge in [-0.3, -0.25) is 9.97 Å². The summed E-state index contributed by atoms with van der Waals surface area (Å²) in [7, 11) is 0. The Morgan fingerprint density at radius 3 is 1.56 bits per heavy atom. The molecule has 0 spiro atoms. The maximum absolute atomic E-state index is 5.58. The molecule has 0 radical (unpaired) electrons. The number of nitrogens with zero attached hydrogens (tertiary/aromatic N) is 4. The molecule has 0 saturated carbocycles. The normalized spacial score (nSPS) is 12.5. The highest BCUT2D eigenvalue weighted by molar-refractivity contribution is 6.05. The zero-order valence-corrected chi connectivity index (χ0v) is 38.0. The van der Waals surface area contributed by atoms with Crippen molar-refractivity contribution in [2.75, 3.05) is 0 Å². The first-order valence-corrected chi connectivity index (χ1v) is 23.4. The summed E-state index contributed by atoms with van der Waals surface area (Å²) in [5.74, 6) is 0.675. The van der Waals surface area contributed by atoms with Gasteiger partial charge in [0.1, 0.15) is 0 Å². The molecule has 4 heteroatoms. The van der Waals surface area contributed by atoms with Crippen LogP contribution in [0, 0.1) is 13.8 Å². The van der Waals surface area contributed by atoms with E-state index in [-0.39, 0.29) is 0 Å². The SMILES string of the molecule is Cc1cc(-c2nc(-c3ccc(-c4cccc5cccnc45)c(C)c3)c3cc(-c4ccc(-c5ccccc5)cc4)cc(-c4ccc(C5=CCCC=C5)cc4)c3n2)ccc1-c1cccc2cccnc12. The quantitative estimate of drug-likeness (QED) is 0.153. The van der Waals surface area contributed by atoms with Crippen LogP contribution in [-0.4, -0.2) is 19.9 Å². The molecule has 0 aliphatic heterocycles. The molecule has 3 aromatic heterocycles. The van der Waals surface area contributed by atoms with E-state index in [0.29, 0.717) is 5.82 Å². The van der Waals surface area contributed by atoms with Crippen molar-refractivity contribution in [1.29, 1.82) is 0 Å². The molecule has 0 bridgehead atoms. The van der Waals surface area contributed by atoms with Crippen molar-refractivity contribution in [3.05, 3.63) is 235 Å². The summed E-state index contributed by atoms with van der Waals surface area (Å²) in [6.07, 6.45) is 12.7. The van der Waals surface area contributed by atoms with Gasteiger partial charge in [-0.05, 0) is 124 Å². The van der Waals surface area contributed by atoms with Crippen molar-refractivity contribution in [2.24, 2.45) is 0 Å². The van der Waals surface area contributed by atoms with Crippen LogP contribution in [-0.2, 0) is 0 Å². The first-order chi connectivity index (χ1) is 33.5. The molecule has 12 rings (SSSR count). The average Bonchev–Trinajstić information content (AvgIpc) is 3.40.